The third-order valence-corrected chi connectivity index (χ3v) is 6.59. The van der Waals surface area contributed by atoms with Crippen LogP contribution in [0.1, 0.15) is 49.4 Å². The summed E-state index contributed by atoms with van der Waals surface area (Å²) in [6.45, 7) is 8.71. The summed E-state index contributed by atoms with van der Waals surface area (Å²) in [6.07, 6.45) is 7.74. The highest BCUT2D eigenvalue weighted by molar-refractivity contribution is 5.76. The molecule has 1 aliphatic heterocycles. The number of hydrogen-bond donors (Lipinski definition) is 1. The van der Waals surface area contributed by atoms with Crippen LogP contribution in [0.4, 0.5) is 11.6 Å². The molecule has 37 heavy (non-hydrogen) atoms. The molecule has 1 amide bonds. The molecule has 3 aromatic heterocycles. The van der Waals surface area contributed by atoms with Crippen LogP contribution in [0.3, 0.4) is 0 Å². The van der Waals surface area contributed by atoms with Crippen molar-refractivity contribution in [1.29, 1.82) is 0 Å². The van der Waals surface area contributed by atoms with Gasteiger partial charge in [0.15, 0.2) is 11.5 Å². The molecule has 0 saturated carbocycles. The number of carbonyl (C=O) groups is 1. The minimum Gasteiger partial charge on any atom is -0.462 e. The van der Waals surface area contributed by atoms with Crippen molar-refractivity contribution in [2.75, 3.05) is 64.1 Å². The zero-order chi connectivity index (χ0) is 26.4. The van der Waals surface area contributed by atoms with Gasteiger partial charge in [0.05, 0.1) is 18.5 Å². The van der Waals surface area contributed by atoms with E-state index < -0.39 is 0 Å². The van der Waals surface area contributed by atoms with Crippen molar-refractivity contribution in [1.82, 2.24) is 34.4 Å². The van der Waals surface area contributed by atoms with Crippen LogP contribution in [0.2, 0.25) is 0 Å². The first-order chi connectivity index (χ1) is 17.9. The summed E-state index contributed by atoms with van der Waals surface area (Å²) in [4.78, 5) is 32.3. The Hall–Kier alpha value is -3.47. The third kappa shape index (κ3) is 6.65. The number of piperazine rings is 1. The zero-order valence-electron chi connectivity index (χ0n) is 22.5. The lowest BCUT2D eigenvalue weighted by Crippen LogP contribution is -2.49. The molecular weight excluding hydrogens is 470 g/mol. The maximum absolute atomic E-state index is 12.5. The summed E-state index contributed by atoms with van der Waals surface area (Å²) in [7, 11) is 4.07. The number of nitrogens with two attached hydrogens (primary N) is 1. The number of nitrogen functional groups attached to an aromatic ring is 1. The van der Waals surface area contributed by atoms with Gasteiger partial charge in [0, 0.05) is 45.2 Å². The molecule has 0 bridgehead atoms. The SMILES string of the molecule is CCCCOc1nc(N)c2ncc(Cc3cnc(N4CCN(C(=O)CCCN(C)C)CC4)c(C)c3)n2n1. The number of ether oxygens (including phenoxy) is 1. The fourth-order valence-corrected chi connectivity index (χ4v) is 4.55. The maximum Gasteiger partial charge on any atom is 0.336 e. The zero-order valence-corrected chi connectivity index (χ0v) is 22.5. The van der Waals surface area contributed by atoms with Crippen LogP contribution >= 0.6 is 0 Å². The molecule has 0 atom stereocenters. The lowest BCUT2D eigenvalue weighted by atomic mass is 10.1. The van der Waals surface area contributed by atoms with E-state index in [2.05, 4.69) is 44.8 Å². The molecule has 0 aromatic carbocycles. The summed E-state index contributed by atoms with van der Waals surface area (Å²) < 4.78 is 7.38. The van der Waals surface area contributed by atoms with E-state index in [1.165, 1.54) is 0 Å². The quantitative estimate of drug-likeness (QED) is 0.388. The Balaban J connectivity index is 1.39. The van der Waals surface area contributed by atoms with E-state index in [9.17, 15) is 4.79 Å². The molecule has 200 valence electrons. The lowest BCUT2D eigenvalue weighted by Gasteiger charge is -2.36. The van der Waals surface area contributed by atoms with Crippen molar-refractivity contribution in [3.63, 3.8) is 0 Å². The summed E-state index contributed by atoms with van der Waals surface area (Å²) >= 11 is 0. The minimum atomic E-state index is 0.248. The van der Waals surface area contributed by atoms with Crippen molar-refractivity contribution in [3.05, 3.63) is 35.3 Å². The minimum absolute atomic E-state index is 0.248. The number of rotatable bonds is 11. The van der Waals surface area contributed by atoms with Crippen LogP contribution in [-0.2, 0) is 11.2 Å². The molecule has 1 fully saturated rings. The molecule has 0 radical (unpaired) electrons. The van der Waals surface area contributed by atoms with Gasteiger partial charge in [-0.3, -0.25) is 4.79 Å². The second-order valence-electron chi connectivity index (χ2n) is 9.90. The monoisotopic (exact) mass is 509 g/mol. The van der Waals surface area contributed by atoms with Crippen molar-refractivity contribution < 1.29 is 9.53 Å². The van der Waals surface area contributed by atoms with Crippen molar-refractivity contribution in [2.24, 2.45) is 0 Å². The Morgan fingerprint density at radius 2 is 1.92 bits per heavy atom. The number of amides is 1. The highest BCUT2D eigenvalue weighted by atomic mass is 16.5. The highest BCUT2D eigenvalue weighted by Gasteiger charge is 2.23. The molecule has 11 heteroatoms. The average molecular weight is 510 g/mol. The maximum atomic E-state index is 12.5. The number of fused-ring (bicyclic) bond motifs is 1. The molecule has 1 aliphatic rings. The Bertz CT molecular complexity index is 1200. The lowest BCUT2D eigenvalue weighted by molar-refractivity contribution is -0.131. The second-order valence-corrected chi connectivity index (χ2v) is 9.90. The van der Waals surface area contributed by atoms with E-state index in [0.29, 0.717) is 30.9 Å². The molecule has 4 heterocycles. The number of aryl methyl sites for hydroxylation is 1. The predicted octanol–water partition coefficient (Wildman–Crippen LogP) is 2.17. The standard InChI is InChI=1S/C26H39N9O2/c1-5-6-14-37-26-30-23(27)25-29-18-21(35(25)31-26)16-20-15-19(2)24(28-17-20)34-12-10-33(11-13-34)22(36)8-7-9-32(3)4/h15,17-18H,5-14,16H2,1-4H3,(H2,27,30,31). The number of carbonyl (C=O) groups excluding carboxylic acids is 1. The van der Waals surface area contributed by atoms with Crippen LogP contribution in [-0.4, -0.2) is 93.7 Å². The highest BCUT2D eigenvalue weighted by Crippen LogP contribution is 2.22. The smallest absolute Gasteiger partial charge is 0.336 e. The van der Waals surface area contributed by atoms with Crippen molar-refractivity contribution in [2.45, 2.75) is 46.0 Å². The summed E-state index contributed by atoms with van der Waals surface area (Å²) in [5.41, 5.74) is 9.68. The normalized spacial score (nSPS) is 14.1. The Morgan fingerprint density at radius 1 is 1.14 bits per heavy atom. The van der Waals surface area contributed by atoms with Crippen LogP contribution in [0.25, 0.3) is 5.65 Å². The van der Waals surface area contributed by atoms with Crippen molar-refractivity contribution in [3.8, 4) is 6.01 Å². The van der Waals surface area contributed by atoms with E-state index in [-0.39, 0.29) is 11.9 Å². The topological polar surface area (TPSA) is 118 Å². The molecule has 4 rings (SSSR count). The molecule has 0 aliphatic carbocycles. The van der Waals surface area contributed by atoms with E-state index in [0.717, 1.165) is 74.6 Å². The Morgan fingerprint density at radius 3 is 2.62 bits per heavy atom. The van der Waals surface area contributed by atoms with E-state index in [1.807, 2.05) is 25.2 Å². The van der Waals surface area contributed by atoms with Crippen LogP contribution in [0.5, 0.6) is 6.01 Å². The molecule has 3 aromatic rings. The van der Waals surface area contributed by atoms with Gasteiger partial charge in [0.2, 0.25) is 5.91 Å². The first-order valence-corrected chi connectivity index (χ1v) is 13.1. The number of imidazole rings is 1. The van der Waals surface area contributed by atoms with E-state index in [1.54, 1.807) is 10.7 Å². The molecule has 2 N–H and O–H groups in total. The molecular formula is C26H39N9O2. The number of nitrogens with zero attached hydrogens (tertiary/aromatic N) is 8. The largest absolute Gasteiger partial charge is 0.462 e. The van der Waals surface area contributed by atoms with E-state index in [4.69, 9.17) is 15.5 Å². The number of unbranched alkanes of at least 4 members (excludes halogenated alkanes) is 1. The van der Waals surface area contributed by atoms with Gasteiger partial charge in [-0.05, 0) is 51.5 Å². The molecule has 11 nitrogen and oxygen atoms in total. The summed E-state index contributed by atoms with van der Waals surface area (Å²) in [5.74, 6) is 1.52. The van der Waals surface area contributed by atoms with Crippen molar-refractivity contribution >= 4 is 23.2 Å². The summed E-state index contributed by atoms with van der Waals surface area (Å²) in [5, 5.41) is 4.50. The van der Waals surface area contributed by atoms with Crippen LogP contribution in [0.15, 0.2) is 18.5 Å². The molecule has 0 unspecified atom stereocenters. The second kappa shape index (κ2) is 12.2. The van der Waals surface area contributed by atoms with E-state index >= 15 is 0 Å². The number of hydrogen-bond acceptors (Lipinski definition) is 9. The van der Waals surface area contributed by atoms with Gasteiger partial charge < -0.3 is 25.2 Å². The number of anilines is 2. The van der Waals surface area contributed by atoms with Gasteiger partial charge >= 0.3 is 6.01 Å². The predicted molar refractivity (Wildman–Crippen MR) is 144 cm³/mol. The van der Waals surface area contributed by atoms with Gasteiger partial charge in [0.1, 0.15) is 5.82 Å². The summed E-state index contributed by atoms with van der Waals surface area (Å²) in [6, 6.07) is 2.42. The van der Waals surface area contributed by atoms with Gasteiger partial charge in [-0.25, -0.2) is 14.5 Å². The Labute approximate surface area is 218 Å². The van der Waals surface area contributed by atoms with Gasteiger partial charge in [0.25, 0.3) is 0 Å². The average Bonchev–Trinajstić information content (AvgIpc) is 3.27. The number of pyridine rings is 1. The first kappa shape index (κ1) is 26.6. The fraction of sp³-hybridized carbons (Fsp3) is 0.577. The van der Waals surface area contributed by atoms with Gasteiger partial charge in [-0.15, -0.1) is 5.10 Å². The van der Waals surface area contributed by atoms with Crippen LogP contribution in [0, 0.1) is 6.92 Å². The third-order valence-electron chi connectivity index (χ3n) is 6.59. The molecule has 0 spiro atoms. The number of aromatic nitrogens is 5. The fourth-order valence-electron chi connectivity index (χ4n) is 4.55. The Kier molecular flexibility index (Phi) is 8.75. The molecule has 1 saturated heterocycles. The van der Waals surface area contributed by atoms with Crippen LogP contribution < -0.4 is 15.4 Å². The van der Waals surface area contributed by atoms with Gasteiger partial charge in [-0.1, -0.05) is 19.4 Å². The first-order valence-electron chi connectivity index (χ1n) is 13.1. The van der Waals surface area contributed by atoms with Gasteiger partial charge in [-0.2, -0.15) is 4.98 Å².